The van der Waals surface area contributed by atoms with Gasteiger partial charge in [0.1, 0.15) is 20.5 Å². The minimum atomic E-state index is -5.37. The van der Waals surface area contributed by atoms with Crippen LogP contribution >= 0.6 is 0 Å². The van der Waals surface area contributed by atoms with Crippen molar-refractivity contribution in [2.24, 2.45) is 0 Å². The average Bonchev–Trinajstić information content (AvgIpc) is 3.30. The van der Waals surface area contributed by atoms with E-state index in [-0.39, 0.29) is 34.5 Å². The van der Waals surface area contributed by atoms with Crippen LogP contribution in [0.25, 0.3) is 43.8 Å². The van der Waals surface area contributed by atoms with Crippen LogP contribution in [0.4, 0.5) is 11.4 Å². The number of ketones is 1. The molecule has 2 amide bonds. The third-order valence-corrected chi connectivity index (χ3v) is 14.7. The normalized spacial score (nSPS) is 12.2. The highest BCUT2D eigenvalue weighted by atomic mass is 32.2. The standard InChI is InChI=1S/C49H36N2O15S4/c52-33(25-29-13-17-31(18-14-29)35-7-1-5-11-39(35)48(53)50-42-21-23-44(68(58,59)60)38-10-4-3-9-37(38)42)26-30-15-19-32(20-16-30)36-8-2-6-12-40(36)49(54)51-43-22-24-45(69(61,62)63)41-27-34(67(55,56)57)28-46(47(41)43)70(64,65)66/h1-24,27-28H,25-26H2,(H,50,53)(H,51,54)(H,55,56,57)(H,58,59,60)(H,61,62,63)(H,64,65,66). The van der Waals surface area contributed by atoms with Gasteiger partial charge in [0.05, 0.1) is 10.6 Å². The minimum Gasteiger partial charge on any atom is -0.321 e. The topological polar surface area (TPSA) is 293 Å². The van der Waals surface area contributed by atoms with Crippen molar-refractivity contribution in [3.63, 3.8) is 0 Å². The molecular weight excluding hydrogens is 985 g/mol. The molecule has 0 unspecified atom stereocenters. The van der Waals surface area contributed by atoms with Crippen LogP contribution in [0.2, 0.25) is 0 Å². The van der Waals surface area contributed by atoms with Gasteiger partial charge >= 0.3 is 0 Å². The maximum Gasteiger partial charge on any atom is 0.295 e. The molecule has 17 nitrogen and oxygen atoms in total. The number of nitrogens with one attached hydrogen (secondary N) is 2. The van der Waals surface area contributed by atoms with Crippen LogP contribution in [0.15, 0.2) is 177 Å². The predicted molar refractivity (Wildman–Crippen MR) is 259 cm³/mol. The zero-order valence-corrected chi connectivity index (χ0v) is 39.1. The molecule has 0 spiro atoms. The van der Waals surface area contributed by atoms with Crippen molar-refractivity contribution in [1.29, 1.82) is 0 Å². The monoisotopic (exact) mass is 1020 g/mol. The second-order valence-corrected chi connectivity index (χ2v) is 21.4. The smallest absolute Gasteiger partial charge is 0.295 e. The fourth-order valence-corrected chi connectivity index (χ4v) is 10.8. The summed E-state index contributed by atoms with van der Waals surface area (Å²) in [6.45, 7) is 0. The molecule has 0 radical (unpaired) electrons. The third kappa shape index (κ3) is 10.4. The summed E-state index contributed by atoms with van der Waals surface area (Å²) in [7, 11) is -20.3. The minimum absolute atomic E-state index is 0.0367. The number of rotatable bonds is 14. The lowest BCUT2D eigenvalue weighted by atomic mass is 9.95. The SMILES string of the molecule is O=C(Cc1ccc(-c2ccccc2C(=O)Nc2ccc(S(=O)(=O)O)c3ccccc23)cc1)Cc1ccc(-c2ccccc2C(=O)Nc2ccc(S(=O)(=O)O)c3cc(S(=O)(=O)O)cc(S(=O)(=O)O)c23)cc1. The number of amides is 2. The van der Waals surface area contributed by atoms with Gasteiger partial charge in [0.15, 0.2) is 0 Å². The molecule has 356 valence electrons. The van der Waals surface area contributed by atoms with Crippen molar-refractivity contribution >= 4 is 91.0 Å². The quantitative estimate of drug-likeness (QED) is 0.0560. The Morgan fingerprint density at radius 2 is 0.814 bits per heavy atom. The van der Waals surface area contributed by atoms with E-state index in [4.69, 9.17) is 0 Å². The van der Waals surface area contributed by atoms with Crippen molar-refractivity contribution < 1.29 is 66.3 Å². The van der Waals surface area contributed by atoms with Gasteiger partial charge in [-0.05, 0) is 81.9 Å². The van der Waals surface area contributed by atoms with Gasteiger partial charge in [-0.2, -0.15) is 33.7 Å². The fraction of sp³-hybridized carbons (Fsp3) is 0.0408. The molecular formula is C49H36N2O15S4. The van der Waals surface area contributed by atoms with Crippen LogP contribution in [0.5, 0.6) is 0 Å². The average molecular weight is 1020 g/mol. The van der Waals surface area contributed by atoms with E-state index in [1.54, 1.807) is 103 Å². The number of benzene rings is 8. The summed E-state index contributed by atoms with van der Waals surface area (Å²) < 4.78 is 137. The zero-order chi connectivity index (χ0) is 50.3. The Labute approximate surface area is 400 Å². The highest BCUT2D eigenvalue weighted by Crippen LogP contribution is 2.38. The van der Waals surface area contributed by atoms with Gasteiger partial charge in [0.2, 0.25) is 0 Å². The van der Waals surface area contributed by atoms with Gasteiger partial charge in [-0.1, -0.05) is 109 Å². The first-order chi connectivity index (χ1) is 33.0. The largest absolute Gasteiger partial charge is 0.321 e. The molecule has 0 atom stereocenters. The Morgan fingerprint density at radius 3 is 1.29 bits per heavy atom. The number of hydrogen-bond acceptors (Lipinski definition) is 11. The first-order valence-electron chi connectivity index (χ1n) is 20.5. The van der Waals surface area contributed by atoms with Crippen molar-refractivity contribution in [3.05, 3.63) is 180 Å². The summed E-state index contributed by atoms with van der Waals surface area (Å²) in [5, 5.41) is 4.53. The van der Waals surface area contributed by atoms with Crippen LogP contribution in [0.1, 0.15) is 31.8 Å². The first-order valence-corrected chi connectivity index (χ1v) is 26.3. The molecule has 0 bridgehead atoms. The molecule has 6 N–H and O–H groups in total. The second kappa shape index (κ2) is 18.8. The van der Waals surface area contributed by atoms with Crippen LogP contribution in [-0.2, 0) is 58.1 Å². The molecule has 0 fully saturated rings. The van der Waals surface area contributed by atoms with Crippen LogP contribution in [0, 0.1) is 0 Å². The van der Waals surface area contributed by atoms with Crippen molar-refractivity contribution in [2.45, 2.75) is 32.4 Å². The molecule has 70 heavy (non-hydrogen) atoms. The van der Waals surface area contributed by atoms with E-state index in [2.05, 4.69) is 10.6 Å². The van der Waals surface area contributed by atoms with Crippen molar-refractivity contribution in [2.75, 3.05) is 10.6 Å². The van der Waals surface area contributed by atoms with E-state index < -0.39 is 83.4 Å². The summed E-state index contributed by atoms with van der Waals surface area (Å²) in [6, 6.07) is 38.7. The van der Waals surface area contributed by atoms with Gasteiger partial charge in [0.25, 0.3) is 52.3 Å². The Balaban J connectivity index is 0.971. The molecule has 8 aromatic carbocycles. The van der Waals surface area contributed by atoms with E-state index in [0.717, 1.165) is 12.1 Å². The predicted octanol–water partition coefficient (Wildman–Crippen LogP) is 8.17. The molecule has 0 heterocycles. The van der Waals surface area contributed by atoms with Crippen molar-refractivity contribution in [3.8, 4) is 22.3 Å². The Hall–Kier alpha value is -7.47. The van der Waals surface area contributed by atoms with Gasteiger partial charge in [-0.25, -0.2) is 0 Å². The number of carbonyl (C=O) groups excluding carboxylic acids is 3. The molecule has 0 saturated carbocycles. The molecule has 0 aliphatic carbocycles. The van der Waals surface area contributed by atoms with Gasteiger partial charge in [0, 0.05) is 51.2 Å². The van der Waals surface area contributed by atoms with Crippen LogP contribution in [0.3, 0.4) is 0 Å². The first kappa shape index (κ1) is 49.0. The number of carbonyl (C=O) groups is 3. The molecule has 0 aliphatic rings. The van der Waals surface area contributed by atoms with E-state index >= 15 is 0 Å². The summed E-state index contributed by atoms with van der Waals surface area (Å²) in [4.78, 5) is 37.3. The maximum atomic E-state index is 13.9. The molecule has 21 heteroatoms. The number of fused-ring (bicyclic) bond motifs is 2. The van der Waals surface area contributed by atoms with E-state index in [9.17, 15) is 66.3 Å². The summed E-state index contributed by atoms with van der Waals surface area (Å²) in [6.07, 6.45) is 0.130. The highest BCUT2D eigenvalue weighted by Gasteiger charge is 2.28. The lowest BCUT2D eigenvalue weighted by Gasteiger charge is -2.16. The molecule has 8 aromatic rings. The van der Waals surface area contributed by atoms with E-state index in [0.29, 0.717) is 62.2 Å². The number of anilines is 2. The Morgan fingerprint density at radius 1 is 0.400 bits per heavy atom. The van der Waals surface area contributed by atoms with E-state index in [1.807, 2.05) is 0 Å². The molecule has 0 saturated heterocycles. The van der Waals surface area contributed by atoms with Gasteiger partial charge in [-0.3, -0.25) is 32.6 Å². The molecule has 0 aliphatic heterocycles. The summed E-state index contributed by atoms with van der Waals surface area (Å²) in [5.41, 5.74) is 3.85. The van der Waals surface area contributed by atoms with Crippen LogP contribution in [-0.4, -0.2) is 69.5 Å². The summed E-state index contributed by atoms with van der Waals surface area (Å²) in [5.74, 6) is -1.43. The molecule has 0 aromatic heterocycles. The van der Waals surface area contributed by atoms with Gasteiger partial charge in [-0.15, -0.1) is 0 Å². The Kier molecular flexibility index (Phi) is 13.1. The maximum absolute atomic E-state index is 13.9. The van der Waals surface area contributed by atoms with Gasteiger partial charge < -0.3 is 10.6 Å². The number of Topliss-reactive ketones (excluding diaryl/α,β-unsaturated/α-hetero) is 1. The second-order valence-electron chi connectivity index (χ2n) is 15.8. The summed E-state index contributed by atoms with van der Waals surface area (Å²) >= 11 is 0. The Bertz CT molecular complexity index is 3940. The van der Waals surface area contributed by atoms with E-state index in [1.165, 1.54) is 30.3 Å². The third-order valence-electron chi connectivity index (χ3n) is 11.2. The highest BCUT2D eigenvalue weighted by molar-refractivity contribution is 7.87. The number of hydrogen-bond donors (Lipinski definition) is 6. The fourth-order valence-electron chi connectivity index (χ4n) is 8.05. The van der Waals surface area contributed by atoms with Crippen molar-refractivity contribution in [1.82, 2.24) is 0 Å². The molecule has 8 rings (SSSR count). The van der Waals surface area contributed by atoms with Crippen LogP contribution < -0.4 is 10.6 Å². The lowest BCUT2D eigenvalue weighted by Crippen LogP contribution is -2.15. The zero-order valence-electron chi connectivity index (χ0n) is 35.8. The lowest BCUT2D eigenvalue weighted by molar-refractivity contribution is -0.117.